The second-order valence-corrected chi connectivity index (χ2v) is 12.8. The number of para-hydroxylation sites is 5. The average molecular weight is 575 g/mol. The second-order valence-electron chi connectivity index (χ2n) is 12.8. The molecule has 0 spiro atoms. The molecule has 0 bridgehead atoms. The third-order valence-corrected chi connectivity index (χ3v) is 10.2. The van der Waals surface area contributed by atoms with Crippen LogP contribution in [0.2, 0.25) is 0 Å². The molecule has 0 radical (unpaired) electrons. The molecule has 5 heteroatoms. The normalized spacial score (nSPS) is 15.1. The van der Waals surface area contributed by atoms with Gasteiger partial charge in [0.15, 0.2) is 11.5 Å². The van der Waals surface area contributed by atoms with Crippen LogP contribution in [0.15, 0.2) is 121 Å². The molecule has 0 amide bonds. The summed E-state index contributed by atoms with van der Waals surface area (Å²) >= 11 is 0. The van der Waals surface area contributed by atoms with Crippen LogP contribution in [0, 0.1) is 11.3 Å². The summed E-state index contributed by atoms with van der Waals surface area (Å²) in [6, 6.07) is 45.5. The quantitative estimate of drug-likeness (QED) is 0.186. The van der Waals surface area contributed by atoms with Crippen molar-refractivity contribution in [3.05, 3.63) is 138 Å². The lowest BCUT2D eigenvalue weighted by atomic mass is 9.33. The van der Waals surface area contributed by atoms with Gasteiger partial charge in [-0.2, -0.15) is 5.26 Å². The van der Waals surface area contributed by atoms with Gasteiger partial charge in [-0.1, -0.05) is 92.7 Å². The summed E-state index contributed by atoms with van der Waals surface area (Å²) in [7, 11) is 0. The Bertz CT molecular complexity index is 2330. The molecule has 0 N–H and O–H groups in total. The standard InChI is InChI=1S/C40H26BN3O/c1-40(2)27-13-5-6-17-31(27)43-33-21-25(26-12-4-3-11-24(26)23-42)22-34-37(33)41(29-15-9-14-28(40)38(29)43)30-16-10-20-36-39(30)44(34)32-18-7-8-19-35(32)45-36/h3-22H,1-2H3. The first kappa shape index (κ1) is 24.7. The lowest BCUT2D eigenvalue weighted by Gasteiger charge is -2.50. The van der Waals surface area contributed by atoms with Gasteiger partial charge in [0.25, 0.3) is 6.71 Å². The van der Waals surface area contributed by atoms with Crippen molar-refractivity contribution in [2.24, 2.45) is 0 Å². The maximum absolute atomic E-state index is 10.2. The van der Waals surface area contributed by atoms with Crippen LogP contribution >= 0.6 is 0 Å². The molecule has 0 aromatic heterocycles. The van der Waals surface area contributed by atoms with Gasteiger partial charge in [0.1, 0.15) is 0 Å². The minimum atomic E-state index is -0.178. The van der Waals surface area contributed by atoms with E-state index < -0.39 is 0 Å². The van der Waals surface area contributed by atoms with E-state index >= 15 is 0 Å². The largest absolute Gasteiger partial charge is 0.453 e. The zero-order valence-electron chi connectivity index (χ0n) is 24.9. The molecular weight excluding hydrogens is 549 g/mol. The highest BCUT2D eigenvalue weighted by Gasteiger charge is 2.49. The Labute approximate surface area is 262 Å². The fraction of sp³-hybridized carbons (Fsp3) is 0.0750. The van der Waals surface area contributed by atoms with E-state index in [9.17, 15) is 5.26 Å². The molecule has 4 nitrogen and oxygen atoms in total. The van der Waals surface area contributed by atoms with Crippen molar-refractivity contribution in [2.45, 2.75) is 19.3 Å². The number of hydrogen-bond donors (Lipinski definition) is 0. The summed E-state index contributed by atoms with van der Waals surface area (Å²) < 4.78 is 6.58. The van der Waals surface area contributed by atoms with Gasteiger partial charge in [-0.3, -0.25) is 0 Å². The Kier molecular flexibility index (Phi) is 4.64. The molecule has 210 valence electrons. The fourth-order valence-corrected chi connectivity index (χ4v) is 8.33. The van der Waals surface area contributed by atoms with Crippen molar-refractivity contribution in [1.29, 1.82) is 5.26 Å². The van der Waals surface area contributed by atoms with Crippen molar-refractivity contribution in [1.82, 2.24) is 0 Å². The van der Waals surface area contributed by atoms with Crippen LogP contribution in [0.25, 0.3) is 11.1 Å². The number of hydrogen-bond acceptors (Lipinski definition) is 4. The lowest BCUT2D eigenvalue weighted by molar-refractivity contribution is 0.477. The molecule has 0 saturated heterocycles. The Hall–Kier alpha value is -5.73. The molecule has 0 saturated carbocycles. The zero-order valence-corrected chi connectivity index (χ0v) is 24.9. The minimum Gasteiger partial charge on any atom is -0.453 e. The number of nitriles is 1. The van der Waals surface area contributed by atoms with Crippen LogP contribution in [-0.4, -0.2) is 6.71 Å². The molecule has 6 aromatic rings. The number of rotatable bonds is 1. The number of ether oxygens (including phenoxy) is 1. The molecule has 0 aliphatic carbocycles. The van der Waals surface area contributed by atoms with Gasteiger partial charge in [-0.15, -0.1) is 0 Å². The number of benzene rings is 6. The number of fused-ring (bicyclic) bond motifs is 8. The molecule has 10 rings (SSSR count). The number of anilines is 6. The van der Waals surface area contributed by atoms with E-state index in [1.165, 1.54) is 38.9 Å². The van der Waals surface area contributed by atoms with Crippen LogP contribution < -0.4 is 30.9 Å². The molecule has 4 heterocycles. The van der Waals surface area contributed by atoms with Crippen molar-refractivity contribution in [3.8, 4) is 28.7 Å². The summed E-state index contributed by atoms with van der Waals surface area (Å²) in [4.78, 5) is 4.90. The van der Waals surface area contributed by atoms with Gasteiger partial charge in [0.05, 0.1) is 28.7 Å². The predicted octanol–water partition coefficient (Wildman–Crippen LogP) is 8.05. The predicted molar refractivity (Wildman–Crippen MR) is 183 cm³/mol. The minimum absolute atomic E-state index is 0.0163. The van der Waals surface area contributed by atoms with Crippen LogP contribution in [0.3, 0.4) is 0 Å². The molecule has 45 heavy (non-hydrogen) atoms. The van der Waals surface area contributed by atoms with Gasteiger partial charge < -0.3 is 14.5 Å². The Balaban J connectivity index is 1.39. The van der Waals surface area contributed by atoms with Crippen LogP contribution in [0.4, 0.5) is 34.1 Å². The summed E-state index contributed by atoms with van der Waals surface area (Å²) in [6.45, 7) is 4.70. The summed E-state index contributed by atoms with van der Waals surface area (Å²) in [5, 5.41) is 10.2. The highest BCUT2D eigenvalue weighted by atomic mass is 16.5. The molecule has 4 aliphatic rings. The molecule has 0 unspecified atom stereocenters. The molecular formula is C40H26BN3O. The van der Waals surface area contributed by atoms with Gasteiger partial charge >= 0.3 is 0 Å². The SMILES string of the molecule is CC1(C)c2ccccc2N2c3cc(-c4ccccc4C#N)cc4c3B(c3cccc5c3N4c3ccccc3O5)c3cccc1c32. The van der Waals surface area contributed by atoms with Crippen molar-refractivity contribution < 1.29 is 4.74 Å². The van der Waals surface area contributed by atoms with E-state index in [4.69, 9.17) is 4.74 Å². The fourth-order valence-electron chi connectivity index (χ4n) is 8.33. The van der Waals surface area contributed by atoms with E-state index in [1.807, 2.05) is 30.3 Å². The van der Waals surface area contributed by atoms with Crippen LogP contribution in [0.1, 0.15) is 30.5 Å². The van der Waals surface area contributed by atoms with Crippen molar-refractivity contribution in [3.63, 3.8) is 0 Å². The van der Waals surface area contributed by atoms with E-state index in [0.717, 1.165) is 45.4 Å². The molecule has 6 aromatic carbocycles. The van der Waals surface area contributed by atoms with Crippen molar-refractivity contribution in [2.75, 3.05) is 9.80 Å². The van der Waals surface area contributed by atoms with Crippen LogP contribution in [-0.2, 0) is 5.41 Å². The summed E-state index contributed by atoms with van der Waals surface area (Å²) in [5.74, 6) is 1.69. The van der Waals surface area contributed by atoms with E-state index in [-0.39, 0.29) is 12.1 Å². The molecule has 0 fully saturated rings. The first-order valence-electron chi connectivity index (χ1n) is 15.5. The van der Waals surface area contributed by atoms with Gasteiger partial charge in [0.2, 0.25) is 0 Å². The van der Waals surface area contributed by atoms with E-state index in [2.05, 4.69) is 121 Å². The van der Waals surface area contributed by atoms with Crippen molar-refractivity contribution >= 4 is 57.2 Å². The first-order valence-corrected chi connectivity index (χ1v) is 15.5. The summed E-state index contributed by atoms with van der Waals surface area (Å²) in [6.07, 6.45) is 0. The highest BCUT2D eigenvalue weighted by molar-refractivity contribution is 7.00. The Morgan fingerprint density at radius 2 is 1.24 bits per heavy atom. The monoisotopic (exact) mass is 575 g/mol. The average Bonchev–Trinajstić information content (AvgIpc) is 3.08. The molecule has 4 aliphatic heterocycles. The third kappa shape index (κ3) is 3.01. The number of nitrogens with zero attached hydrogens (tertiary/aromatic N) is 3. The summed E-state index contributed by atoms with van der Waals surface area (Å²) in [5.41, 5.74) is 15.7. The lowest BCUT2D eigenvalue weighted by Crippen LogP contribution is -2.62. The smallest absolute Gasteiger partial charge is 0.252 e. The van der Waals surface area contributed by atoms with E-state index in [1.54, 1.807) is 0 Å². The molecule has 0 atom stereocenters. The van der Waals surface area contributed by atoms with Gasteiger partial charge in [-0.25, -0.2) is 0 Å². The first-order chi connectivity index (χ1) is 22.1. The van der Waals surface area contributed by atoms with Gasteiger partial charge in [-0.05, 0) is 81.1 Å². The highest BCUT2D eigenvalue weighted by Crippen LogP contribution is 2.56. The van der Waals surface area contributed by atoms with Crippen LogP contribution in [0.5, 0.6) is 11.5 Å². The Morgan fingerprint density at radius 3 is 2.07 bits per heavy atom. The topological polar surface area (TPSA) is 39.5 Å². The second kappa shape index (κ2) is 8.46. The zero-order chi connectivity index (χ0) is 30.0. The maximum atomic E-state index is 10.2. The third-order valence-electron chi connectivity index (χ3n) is 10.2. The maximum Gasteiger partial charge on any atom is 0.252 e. The van der Waals surface area contributed by atoms with E-state index in [0.29, 0.717) is 5.56 Å². The Morgan fingerprint density at radius 1 is 0.622 bits per heavy atom. The van der Waals surface area contributed by atoms with Gasteiger partial charge in [0, 0.05) is 22.5 Å².